The highest BCUT2D eigenvalue weighted by Gasteiger charge is 2.38. The van der Waals surface area contributed by atoms with Gasteiger partial charge in [0.15, 0.2) is 0 Å². The first-order valence-corrected chi connectivity index (χ1v) is 10.8. The van der Waals surface area contributed by atoms with Gasteiger partial charge in [-0.2, -0.15) is 0 Å². The monoisotopic (exact) mass is 420 g/mol. The average molecular weight is 421 g/mol. The predicted molar refractivity (Wildman–Crippen MR) is 121 cm³/mol. The van der Waals surface area contributed by atoms with Crippen LogP contribution in [-0.2, 0) is 4.79 Å². The molecule has 2 amide bonds. The number of rotatable bonds is 4. The third kappa shape index (κ3) is 3.48. The number of amides is 2. The summed E-state index contributed by atoms with van der Waals surface area (Å²) in [6.07, 6.45) is 0.644. The summed E-state index contributed by atoms with van der Waals surface area (Å²) in [5, 5.41) is 1.86. The summed E-state index contributed by atoms with van der Waals surface area (Å²) in [5.74, 6) is 0.494. The van der Waals surface area contributed by atoms with Crippen LogP contribution in [0.25, 0.3) is 0 Å². The van der Waals surface area contributed by atoms with Gasteiger partial charge in [-0.3, -0.25) is 9.59 Å². The molecule has 2 aromatic carbocycles. The molecule has 2 unspecified atom stereocenters. The number of fused-ring (bicyclic) bond motifs is 1. The second-order valence-corrected chi connectivity index (χ2v) is 8.29. The number of ether oxygens (including phenoxy) is 1. The smallest absolute Gasteiger partial charge is 0.272 e. The van der Waals surface area contributed by atoms with Crippen LogP contribution in [0.5, 0.6) is 5.75 Å². The van der Waals surface area contributed by atoms with Crippen LogP contribution in [0.3, 0.4) is 0 Å². The number of thiophene rings is 1. The maximum absolute atomic E-state index is 13.5. The lowest BCUT2D eigenvalue weighted by atomic mass is 9.89. The molecule has 0 bridgehead atoms. The molecule has 1 aliphatic heterocycles. The Morgan fingerprint density at radius 2 is 1.77 bits per heavy atom. The highest BCUT2D eigenvalue weighted by molar-refractivity contribution is 7.12. The number of hydrogen-bond acceptors (Lipinski definition) is 4. The molecule has 0 spiro atoms. The Morgan fingerprint density at radius 1 is 1.07 bits per heavy atom. The summed E-state index contributed by atoms with van der Waals surface area (Å²) in [4.78, 5) is 30.4. The molecule has 0 N–H and O–H groups in total. The zero-order chi connectivity index (χ0) is 21.3. The fourth-order valence-corrected chi connectivity index (χ4v) is 5.02. The summed E-state index contributed by atoms with van der Waals surface area (Å²) < 4.78 is 5.38. The van der Waals surface area contributed by atoms with Crippen LogP contribution in [0.4, 0.5) is 11.4 Å². The molecule has 2 atom stereocenters. The Balaban J connectivity index is 1.79. The van der Waals surface area contributed by atoms with Crippen LogP contribution in [0.2, 0.25) is 0 Å². The molecule has 1 aliphatic rings. The van der Waals surface area contributed by atoms with Crippen molar-refractivity contribution in [3.63, 3.8) is 0 Å². The number of para-hydroxylation sites is 2. The Labute approximate surface area is 180 Å². The topological polar surface area (TPSA) is 49.9 Å². The normalized spacial score (nSPS) is 17.9. The van der Waals surface area contributed by atoms with Gasteiger partial charge in [0.1, 0.15) is 10.6 Å². The van der Waals surface area contributed by atoms with E-state index in [0.717, 1.165) is 16.9 Å². The summed E-state index contributed by atoms with van der Waals surface area (Å²) in [6.45, 7) is 3.62. The van der Waals surface area contributed by atoms with Crippen molar-refractivity contribution >= 4 is 34.5 Å². The van der Waals surface area contributed by atoms with Crippen LogP contribution < -0.4 is 14.5 Å². The van der Waals surface area contributed by atoms with E-state index in [0.29, 0.717) is 17.0 Å². The van der Waals surface area contributed by atoms with E-state index in [2.05, 4.69) is 0 Å². The third-order valence-electron chi connectivity index (χ3n) is 5.51. The maximum Gasteiger partial charge on any atom is 0.272 e. The van der Waals surface area contributed by atoms with Crippen molar-refractivity contribution in [3.05, 3.63) is 76.5 Å². The van der Waals surface area contributed by atoms with E-state index < -0.39 is 0 Å². The fourth-order valence-electron chi connectivity index (χ4n) is 4.23. The molecule has 5 nitrogen and oxygen atoms in total. The van der Waals surface area contributed by atoms with Crippen LogP contribution in [0, 0.1) is 0 Å². The van der Waals surface area contributed by atoms with E-state index in [-0.39, 0.29) is 23.9 Å². The number of anilines is 2. The first-order chi connectivity index (χ1) is 14.5. The zero-order valence-electron chi connectivity index (χ0n) is 17.2. The highest BCUT2D eigenvalue weighted by atomic mass is 32.1. The summed E-state index contributed by atoms with van der Waals surface area (Å²) in [6, 6.07) is 19.1. The number of hydrogen-bond donors (Lipinski definition) is 0. The standard InChI is InChI=1S/C24H24N2O3S/c1-16-15-21(26(17(2)27)18-9-5-4-6-10-18)19-11-7-8-12-20(19)25(16)24(28)23-22(29-3)13-14-30-23/h4-14,16,21H,15H2,1-3H3. The van der Waals surface area contributed by atoms with E-state index in [1.165, 1.54) is 11.3 Å². The fraction of sp³-hybridized carbons (Fsp3) is 0.250. The van der Waals surface area contributed by atoms with Gasteiger partial charge in [-0.1, -0.05) is 36.4 Å². The Morgan fingerprint density at radius 3 is 2.47 bits per heavy atom. The SMILES string of the molecule is COc1ccsc1C(=O)N1c2ccccc2C(N(C(C)=O)c2ccccc2)CC1C. The zero-order valence-corrected chi connectivity index (χ0v) is 18.1. The van der Waals surface area contributed by atoms with Gasteiger partial charge in [0.25, 0.3) is 5.91 Å². The first-order valence-electron chi connectivity index (χ1n) is 9.91. The molecule has 0 radical (unpaired) electrons. The number of carbonyl (C=O) groups is 2. The number of nitrogens with zero attached hydrogens (tertiary/aromatic N) is 2. The van der Waals surface area contributed by atoms with Gasteiger partial charge in [-0.25, -0.2) is 0 Å². The van der Waals surface area contributed by atoms with E-state index in [4.69, 9.17) is 4.74 Å². The van der Waals surface area contributed by atoms with Gasteiger partial charge in [-0.15, -0.1) is 11.3 Å². The molecule has 1 aromatic heterocycles. The number of carbonyl (C=O) groups excluding carboxylic acids is 2. The van der Waals surface area contributed by atoms with E-state index in [9.17, 15) is 9.59 Å². The second-order valence-electron chi connectivity index (χ2n) is 7.38. The molecule has 0 saturated heterocycles. The van der Waals surface area contributed by atoms with Crippen LogP contribution >= 0.6 is 11.3 Å². The van der Waals surface area contributed by atoms with Crippen molar-refractivity contribution in [2.24, 2.45) is 0 Å². The molecule has 0 fully saturated rings. The van der Waals surface area contributed by atoms with Crippen molar-refractivity contribution in [1.29, 1.82) is 0 Å². The van der Waals surface area contributed by atoms with Gasteiger partial charge in [-0.05, 0) is 48.6 Å². The lowest BCUT2D eigenvalue weighted by molar-refractivity contribution is -0.117. The Bertz CT molecular complexity index is 1060. The van der Waals surface area contributed by atoms with Crippen molar-refractivity contribution < 1.29 is 14.3 Å². The van der Waals surface area contributed by atoms with E-state index in [1.807, 2.05) is 82.8 Å². The van der Waals surface area contributed by atoms with Crippen molar-refractivity contribution in [2.75, 3.05) is 16.9 Å². The Hall–Kier alpha value is -3.12. The molecule has 6 heteroatoms. The van der Waals surface area contributed by atoms with Gasteiger partial charge >= 0.3 is 0 Å². The largest absolute Gasteiger partial charge is 0.495 e. The van der Waals surface area contributed by atoms with Crippen LogP contribution in [0.15, 0.2) is 66.0 Å². The summed E-state index contributed by atoms with van der Waals surface area (Å²) in [5.41, 5.74) is 2.67. The van der Waals surface area contributed by atoms with Gasteiger partial charge in [0.05, 0.1) is 13.2 Å². The predicted octanol–water partition coefficient (Wildman–Crippen LogP) is 5.29. The van der Waals surface area contributed by atoms with Crippen LogP contribution in [-0.4, -0.2) is 25.0 Å². The first kappa shape index (κ1) is 20.2. The lowest BCUT2D eigenvalue weighted by Crippen LogP contribution is -2.47. The summed E-state index contributed by atoms with van der Waals surface area (Å²) >= 11 is 1.38. The molecule has 2 heterocycles. The maximum atomic E-state index is 13.5. The minimum absolute atomic E-state index is 0.0205. The van der Waals surface area contributed by atoms with Gasteiger partial charge < -0.3 is 14.5 Å². The summed E-state index contributed by atoms with van der Waals surface area (Å²) in [7, 11) is 1.58. The minimum atomic E-state index is -0.148. The molecule has 154 valence electrons. The van der Waals surface area contributed by atoms with Crippen molar-refractivity contribution in [2.45, 2.75) is 32.4 Å². The highest BCUT2D eigenvalue weighted by Crippen LogP contribution is 2.43. The number of methoxy groups -OCH3 is 1. The molecular weight excluding hydrogens is 396 g/mol. The molecule has 4 rings (SSSR count). The molecule has 3 aromatic rings. The lowest BCUT2D eigenvalue weighted by Gasteiger charge is -2.43. The Kier molecular flexibility index (Phi) is 5.59. The van der Waals surface area contributed by atoms with E-state index >= 15 is 0 Å². The van der Waals surface area contributed by atoms with E-state index in [1.54, 1.807) is 14.0 Å². The van der Waals surface area contributed by atoms with Gasteiger partial charge in [0, 0.05) is 24.3 Å². The third-order valence-corrected chi connectivity index (χ3v) is 6.39. The molecule has 0 saturated carbocycles. The van der Waals surface area contributed by atoms with Gasteiger partial charge in [0.2, 0.25) is 5.91 Å². The van der Waals surface area contributed by atoms with Crippen molar-refractivity contribution in [3.8, 4) is 5.75 Å². The van der Waals surface area contributed by atoms with Crippen molar-refractivity contribution in [1.82, 2.24) is 0 Å². The number of benzene rings is 2. The second kappa shape index (κ2) is 8.32. The minimum Gasteiger partial charge on any atom is -0.495 e. The quantitative estimate of drug-likeness (QED) is 0.576. The average Bonchev–Trinajstić information content (AvgIpc) is 3.23. The molecule has 30 heavy (non-hydrogen) atoms. The molecule has 0 aliphatic carbocycles. The molecular formula is C24H24N2O3S. The van der Waals surface area contributed by atoms with Crippen LogP contribution in [0.1, 0.15) is 41.5 Å².